The second kappa shape index (κ2) is 6.90. The Balaban J connectivity index is 1.77. The van der Waals surface area contributed by atoms with Gasteiger partial charge >= 0.3 is 5.69 Å². The van der Waals surface area contributed by atoms with Crippen LogP contribution in [0.25, 0.3) is 11.3 Å². The molecule has 0 unspecified atom stereocenters. The zero-order chi connectivity index (χ0) is 17.1. The molecule has 3 aromatic rings. The van der Waals surface area contributed by atoms with E-state index in [9.17, 15) is 10.1 Å². The molecule has 1 N–H and O–H groups in total. The number of nitrogens with zero attached hydrogens (tertiary/aromatic N) is 2. The van der Waals surface area contributed by atoms with Crippen LogP contribution in [0.1, 0.15) is 5.76 Å². The number of halogens is 2. The molecule has 0 radical (unpaired) electrons. The van der Waals surface area contributed by atoms with Gasteiger partial charge in [0.15, 0.2) is 0 Å². The molecular weight excluding hydrogens is 353 g/mol. The summed E-state index contributed by atoms with van der Waals surface area (Å²) in [5.74, 6) is 1.37. The highest BCUT2D eigenvalue weighted by atomic mass is 35.5. The van der Waals surface area contributed by atoms with Crippen LogP contribution in [0.15, 0.2) is 53.1 Å². The number of hydrogen-bond donors (Lipinski definition) is 1. The number of aromatic nitrogens is 1. The molecule has 3 rings (SSSR count). The van der Waals surface area contributed by atoms with Crippen molar-refractivity contribution in [2.24, 2.45) is 0 Å². The molecule has 0 saturated carbocycles. The number of rotatable bonds is 5. The monoisotopic (exact) mass is 363 g/mol. The summed E-state index contributed by atoms with van der Waals surface area (Å²) in [7, 11) is 0. The van der Waals surface area contributed by atoms with Crippen molar-refractivity contribution in [2.45, 2.75) is 6.54 Å². The highest BCUT2D eigenvalue weighted by molar-refractivity contribution is 6.36. The third-order valence-corrected chi connectivity index (χ3v) is 3.82. The van der Waals surface area contributed by atoms with E-state index >= 15 is 0 Å². The van der Waals surface area contributed by atoms with E-state index in [0.29, 0.717) is 21.6 Å². The normalized spacial score (nSPS) is 10.6. The Bertz CT molecular complexity index is 896. The maximum atomic E-state index is 11.0. The molecule has 2 heterocycles. The van der Waals surface area contributed by atoms with Crippen LogP contribution in [0.4, 0.5) is 11.5 Å². The Morgan fingerprint density at radius 3 is 2.79 bits per heavy atom. The highest BCUT2D eigenvalue weighted by Gasteiger charge is 2.15. The molecule has 0 amide bonds. The lowest BCUT2D eigenvalue weighted by molar-refractivity contribution is -0.384. The summed E-state index contributed by atoms with van der Waals surface area (Å²) in [4.78, 5) is 14.4. The summed E-state index contributed by atoms with van der Waals surface area (Å²) in [6.07, 6.45) is 1.48. The van der Waals surface area contributed by atoms with Crippen molar-refractivity contribution in [3.05, 3.63) is 74.6 Å². The van der Waals surface area contributed by atoms with Crippen molar-refractivity contribution >= 4 is 34.7 Å². The van der Waals surface area contributed by atoms with Gasteiger partial charge in [0.25, 0.3) is 0 Å². The Kier molecular flexibility index (Phi) is 4.69. The first kappa shape index (κ1) is 16.3. The molecule has 1 aromatic carbocycles. The molecule has 0 aliphatic rings. The number of pyridine rings is 1. The molecule has 0 bridgehead atoms. The topological polar surface area (TPSA) is 81.2 Å². The summed E-state index contributed by atoms with van der Waals surface area (Å²) in [6.45, 7) is 0.253. The quantitative estimate of drug-likeness (QED) is 0.499. The smallest absolute Gasteiger partial charge is 0.311 e. The van der Waals surface area contributed by atoms with E-state index in [2.05, 4.69) is 10.3 Å². The van der Waals surface area contributed by atoms with Gasteiger partial charge in [0.2, 0.25) is 5.82 Å². The van der Waals surface area contributed by atoms with Crippen molar-refractivity contribution < 1.29 is 9.34 Å². The molecule has 0 atom stereocenters. The van der Waals surface area contributed by atoms with Gasteiger partial charge in [0, 0.05) is 22.8 Å². The molecule has 6 nitrogen and oxygen atoms in total. The van der Waals surface area contributed by atoms with E-state index in [1.165, 1.54) is 18.3 Å². The Morgan fingerprint density at radius 2 is 2.04 bits per heavy atom. The maximum Gasteiger partial charge on any atom is 0.311 e. The average molecular weight is 364 g/mol. The van der Waals surface area contributed by atoms with Crippen LogP contribution < -0.4 is 5.32 Å². The van der Waals surface area contributed by atoms with E-state index in [4.69, 9.17) is 27.6 Å². The molecule has 0 saturated heterocycles. The average Bonchev–Trinajstić information content (AvgIpc) is 3.01. The number of nitrogens with one attached hydrogen (secondary N) is 1. The van der Waals surface area contributed by atoms with Gasteiger partial charge in [-0.3, -0.25) is 10.1 Å². The van der Waals surface area contributed by atoms with Crippen LogP contribution >= 0.6 is 23.2 Å². The Hall–Kier alpha value is -2.57. The van der Waals surface area contributed by atoms with Gasteiger partial charge in [-0.05, 0) is 36.4 Å². The predicted octanol–water partition coefficient (Wildman–Crippen LogP) is 5.17. The molecule has 0 aliphatic carbocycles. The van der Waals surface area contributed by atoms with Gasteiger partial charge in [0.05, 0.1) is 16.5 Å². The number of furan rings is 1. The first-order valence-electron chi connectivity index (χ1n) is 6.92. The first-order valence-corrected chi connectivity index (χ1v) is 7.67. The minimum atomic E-state index is -0.490. The van der Waals surface area contributed by atoms with Crippen LogP contribution in [0.3, 0.4) is 0 Å². The van der Waals surface area contributed by atoms with Crippen molar-refractivity contribution in [3.63, 3.8) is 0 Å². The van der Waals surface area contributed by atoms with Gasteiger partial charge in [0.1, 0.15) is 11.5 Å². The zero-order valence-electron chi connectivity index (χ0n) is 12.2. The molecule has 8 heteroatoms. The molecule has 2 aromatic heterocycles. The number of nitro groups is 1. The van der Waals surface area contributed by atoms with Crippen molar-refractivity contribution in [1.29, 1.82) is 0 Å². The summed E-state index contributed by atoms with van der Waals surface area (Å²) >= 11 is 12.0. The van der Waals surface area contributed by atoms with Gasteiger partial charge in [-0.1, -0.05) is 23.2 Å². The fourth-order valence-electron chi connectivity index (χ4n) is 2.16. The summed E-state index contributed by atoms with van der Waals surface area (Å²) < 4.78 is 5.72. The highest BCUT2D eigenvalue weighted by Crippen LogP contribution is 2.31. The minimum absolute atomic E-state index is 0.0926. The fraction of sp³-hybridized carbons (Fsp3) is 0.0625. The van der Waals surface area contributed by atoms with E-state index in [1.54, 1.807) is 30.3 Å². The van der Waals surface area contributed by atoms with E-state index < -0.39 is 4.92 Å². The Morgan fingerprint density at radius 1 is 1.21 bits per heavy atom. The summed E-state index contributed by atoms with van der Waals surface area (Å²) in [5.41, 5.74) is 0.626. The van der Waals surface area contributed by atoms with Crippen LogP contribution in [-0.4, -0.2) is 9.91 Å². The summed E-state index contributed by atoms with van der Waals surface area (Å²) in [6, 6.07) is 11.6. The molecule has 0 spiro atoms. The second-order valence-corrected chi connectivity index (χ2v) is 5.72. The molecular formula is C16H11Cl2N3O3. The van der Waals surface area contributed by atoms with Gasteiger partial charge < -0.3 is 9.73 Å². The number of hydrogen-bond acceptors (Lipinski definition) is 5. The first-order chi connectivity index (χ1) is 11.5. The molecule has 24 heavy (non-hydrogen) atoms. The number of benzene rings is 1. The molecule has 122 valence electrons. The fourth-order valence-corrected chi connectivity index (χ4v) is 2.66. The van der Waals surface area contributed by atoms with Gasteiger partial charge in [-0.25, -0.2) is 4.98 Å². The lowest BCUT2D eigenvalue weighted by Gasteiger charge is -2.04. The van der Waals surface area contributed by atoms with Crippen LogP contribution in [0.2, 0.25) is 10.0 Å². The van der Waals surface area contributed by atoms with Gasteiger partial charge in [-0.15, -0.1) is 0 Å². The standard InChI is InChI=1S/C16H11Cl2N3O3/c17-10-3-5-12(13(18)8-10)15-6-4-11(24-15)9-20-16-14(21(22)23)2-1-7-19-16/h1-8H,9H2,(H,19,20). The summed E-state index contributed by atoms with van der Waals surface area (Å²) in [5, 5.41) is 14.9. The van der Waals surface area contributed by atoms with E-state index in [-0.39, 0.29) is 18.1 Å². The third kappa shape index (κ3) is 3.50. The molecule has 0 aliphatic heterocycles. The SMILES string of the molecule is O=[N+]([O-])c1cccnc1NCc1ccc(-c2ccc(Cl)cc2Cl)o1. The molecule has 0 fully saturated rings. The minimum Gasteiger partial charge on any atom is -0.459 e. The van der Waals surface area contributed by atoms with Crippen LogP contribution in [-0.2, 0) is 6.54 Å². The third-order valence-electron chi connectivity index (χ3n) is 3.27. The van der Waals surface area contributed by atoms with Crippen LogP contribution in [0.5, 0.6) is 0 Å². The Labute approximate surface area is 147 Å². The number of anilines is 1. The van der Waals surface area contributed by atoms with E-state index in [1.807, 2.05) is 0 Å². The lowest BCUT2D eigenvalue weighted by atomic mass is 10.2. The van der Waals surface area contributed by atoms with Gasteiger partial charge in [-0.2, -0.15) is 0 Å². The van der Waals surface area contributed by atoms with E-state index in [0.717, 1.165) is 5.56 Å². The van der Waals surface area contributed by atoms with Crippen molar-refractivity contribution in [2.75, 3.05) is 5.32 Å². The van der Waals surface area contributed by atoms with Crippen molar-refractivity contribution in [3.8, 4) is 11.3 Å². The lowest BCUT2D eigenvalue weighted by Crippen LogP contribution is -2.03. The maximum absolute atomic E-state index is 11.0. The zero-order valence-corrected chi connectivity index (χ0v) is 13.7. The van der Waals surface area contributed by atoms with Crippen LogP contribution in [0, 0.1) is 10.1 Å². The largest absolute Gasteiger partial charge is 0.459 e. The predicted molar refractivity (Wildman–Crippen MR) is 92.4 cm³/mol. The second-order valence-electron chi connectivity index (χ2n) is 4.87. The van der Waals surface area contributed by atoms with Crippen molar-refractivity contribution in [1.82, 2.24) is 4.98 Å².